The van der Waals surface area contributed by atoms with E-state index < -0.39 is 18.0 Å². The number of carbonyl (C=O) groups is 1. The van der Waals surface area contributed by atoms with E-state index in [4.69, 9.17) is 0 Å². The van der Waals surface area contributed by atoms with Crippen LogP contribution in [0.1, 0.15) is 23.3 Å². The third kappa shape index (κ3) is 2.77. The number of halogens is 3. The van der Waals surface area contributed by atoms with Crippen molar-refractivity contribution in [3.05, 3.63) is 24.3 Å². The van der Waals surface area contributed by atoms with Gasteiger partial charge >= 0.3 is 6.18 Å². The molecule has 0 N–H and O–H groups in total. The van der Waals surface area contributed by atoms with Crippen LogP contribution in [-0.2, 0) is 0 Å². The Morgan fingerprint density at radius 1 is 1.39 bits per heavy atom. The summed E-state index contributed by atoms with van der Waals surface area (Å²) in [5.74, 6) is -1.93. The highest BCUT2D eigenvalue weighted by atomic mass is 19.4. The van der Waals surface area contributed by atoms with E-state index in [0.717, 1.165) is 0 Å². The van der Waals surface area contributed by atoms with Gasteiger partial charge in [0.15, 0.2) is 0 Å². The molecule has 0 bridgehead atoms. The molecule has 0 spiro atoms. The molecule has 1 atom stereocenters. The van der Waals surface area contributed by atoms with Gasteiger partial charge in [0.2, 0.25) is 0 Å². The molecule has 1 unspecified atom stereocenters. The Bertz CT molecular complexity index is 421. The molecule has 7 heteroatoms. The minimum absolute atomic E-state index is 0.0771. The number of amides is 1. The van der Waals surface area contributed by atoms with Gasteiger partial charge in [0.1, 0.15) is 5.69 Å². The minimum Gasteiger partial charge on any atom is -0.337 e. The fraction of sp³-hybridized carbons (Fsp3) is 0.545. The smallest absolute Gasteiger partial charge is 0.337 e. The molecule has 0 radical (unpaired) electrons. The Morgan fingerprint density at radius 2 is 2.17 bits per heavy atom. The van der Waals surface area contributed by atoms with Crippen molar-refractivity contribution in [3.8, 4) is 0 Å². The lowest BCUT2D eigenvalue weighted by Gasteiger charge is -2.33. The normalized spacial score (nSPS) is 20.8. The summed E-state index contributed by atoms with van der Waals surface area (Å²) in [6.07, 6.45) is 0.203. The lowest BCUT2D eigenvalue weighted by atomic mass is 9.97. The molecule has 2 heterocycles. The summed E-state index contributed by atoms with van der Waals surface area (Å²) in [4.78, 5) is 20.7. The van der Waals surface area contributed by atoms with E-state index in [0.29, 0.717) is 13.0 Å². The second-order valence-corrected chi connectivity index (χ2v) is 4.22. The maximum absolute atomic E-state index is 12.6. The Kier molecular flexibility index (Phi) is 3.49. The first-order chi connectivity index (χ1) is 8.48. The number of carbonyl (C=O) groups excluding carboxylic acids is 1. The van der Waals surface area contributed by atoms with E-state index in [9.17, 15) is 18.0 Å². The van der Waals surface area contributed by atoms with Gasteiger partial charge in [-0.25, -0.2) is 4.98 Å². The van der Waals surface area contributed by atoms with Gasteiger partial charge in [0, 0.05) is 25.5 Å². The fourth-order valence-corrected chi connectivity index (χ4v) is 2.00. The van der Waals surface area contributed by atoms with E-state index in [1.54, 1.807) is 0 Å². The maximum atomic E-state index is 12.6. The molecule has 2 rings (SSSR count). The predicted molar refractivity (Wildman–Crippen MR) is 56.7 cm³/mol. The Morgan fingerprint density at radius 3 is 2.78 bits per heavy atom. The van der Waals surface area contributed by atoms with E-state index >= 15 is 0 Å². The summed E-state index contributed by atoms with van der Waals surface area (Å²) in [7, 11) is 0. The fourth-order valence-electron chi connectivity index (χ4n) is 2.00. The number of rotatable bonds is 1. The summed E-state index contributed by atoms with van der Waals surface area (Å²) < 4.78 is 37.8. The van der Waals surface area contributed by atoms with Crippen LogP contribution in [0.15, 0.2) is 18.6 Å². The third-order valence-electron chi connectivity index (χ3n) is 2.95. The molecular weight excluding hydrogens is 247 g/mol. The molecule has 1 aliphatic rings. The quantitative estimate of drug-likeness (QED) is 0.773. The van der Waals surface area contributed by atoms with Crippen molar-refractivity contribution in [2.75, 3.05) is 13.1 Å². The number of alkyl halides is 3. The van der Waals surface area contributed by atoms with E-state index in [2.05, 4.69) is 9.97 Å². The number of nitrogens with zero attached hydrogens (tertiary/aromatic N) is 3. The van der Waals surface area contributed by atoms with Crippen LogP contribution >= 0.6 is 0 Å². The van der Waals surface area contributed by atoms with Gasteiger partial charge in [-0.15, -0.1) is 0 Å². The van der Waals surface area contributed by atoms with Gasteiger partial charge in [-0.2, -0.15) is 13.2 Å². The van der Waals surface area contributed by atoms with Crippen LogP contribution in [0.3, 0.4) is 0 Å². The molecule has 0 aliphatic carbocycles. The number of aromatic nitrogens is 2. The average molecular weight is 259 g/mol. The molecule has 4 nitrogen and oxygen atoms in total. The first-order valence-corrected chi connectivity index (χ1v) is 5.60. The summed E-state index contributed by atoms with van der Waals surface area (Å²) in [6, 6.07) is 0. The Balaban J connectivity index is 2.08. The molecule has 18 heavy (non-hydrogen) atoms. The number of likely N-dealkylation sites (tertiary alicyclic amines) is 1. The van der Waals surface area contributed by atoms with Crippen LogP contribution in [0.25, 0.3) is 0 Å². The Hall–Kier alpha value is -1.66. The van der Waals surface area contributed by atoms with Gasteiger partial charge in [0.25, 0.3) is 5.91 Å². The van der Waals surface area contributed by atoms with E-state index in [1.165, 1.54) is 23.5 Å². The molecule has 0 saturated carbocycles. The topological polar surface area (TPSA) is 46.1 Å². The summed E-state index contributed by atoms with van der Waals surface area (Å²) >= 11 is 0. The summed E-state index contributed by atoms with van der Waals surface area (Å²) in [6.45, 7) is 0.0426. The highest BCUT2D eigenvalue weighted by molar-refractivity contribution is 5.92. The zero-order valence-electron chi connectivity index (χ0n) is 9.52. The maximum Gasteiger partial charge on any atom is 0.393 e. The zero-order valence-corrected chi connectivity index (χ0v) is 9.52. The largest absolute Gasteiger partial charge is 0.393 e. The summed E-state index contributed by atoms with van der Waals surface area (Å²) in [5, 5.41) is 0. The Labute approximate surface area is 102 Å². The number of hydrogen-bond donors (Lipinski definition) is 0. The van der Waals surface area contributed by atoms with Crippen molar-refractivity contribution in [1.29, 1.82) is 0 Å². The first kappa shape index (κ1) is 12.8. The minimum atomic E-state index is -4.25. The predicted octanol–water partition coefficient (Wildman–Crippen LogP) is 1.89. The standard InChI is InChI=1S/C11H12F3N3O/c12-11(13,14)8-2-1-5-17(7-8)10(18)9-6-15-3-4-16-9/h3-4,6,8H,1-2,5,7H2. The van der Waals surface area contributed by atoms with Crippen LogP contribution in [-0.4, -0.2) is 40.0 Å². The molecule has 1 fully saturated rings. The van der Waals surface area contributed by atoms with Crippen molar-refractivity contribution in [2.24, 2.45) is 5.92 Å². The highest BCUT2D eigenvalue weighted by Gasteiger charge is 2.42. The van der Waals surface area contributed by atoms with E-state index in [1.807, 2.05) is 0 Å². The average Bonchev–Trinajstić information content (AvgIpc) is 2.38. The summed E-state index contributed by atoms with van der Waals surface area (Å²) in [5.41, 5.74) is 0.0836. The lowest BCUT2D eigenvalue weighted by Crippen LogP contribution is -2.44. The molecule has 1 aliphatic heterocycles. The highest BCUT2D eigenvalue weighted by Crippen LogP contribution is 2.33. The van der Waals surface area contributed by atoms with Gasteiger partial charge in [0.05, 0.1) is 12.1 Å². The molecular formula is C11H12F3N3O. The first-order valence-electron chi connectivity index (χ1n) is 5.60. The van der Waals surface area contributed by atoms with Crippen molar-refractivity contribution in [1.82, 2.24) is 14.9 Å². The zero-order chi connectivity index (χ0) is 13.2. The second kappa shape index (κ2) is 4.91. The second-order valence-electron chi connectivity index (χ2n) is 4.22. The van der Waals surface area contributed by atoms with Crippen LogP contribution in [0.4, 0.5) is 13.2 Å². The van der Waals surface area contributed by atoms with Crippen LogP contribution in [0, 0.1) is 5.92 Å². The third-order valence-corrected chi connectivity index (χ3v) is 2.95. The molecule has 0 aromatic carbocycles. The molecule has 1 amide bonds. The van der Waals surface area contributed by atoms with Crippen molar-refractivity contribution >= 4 is 5.91 Å². The van der Waals surface area contributed by atoms with E-state index in [-0.39, 0.29) is 18.7 Å². The number of piperidine rings is 1. The molecule has 1 aromatic rings. The molecule has 1 aromatic heterocycles. The van der Waals surface area contributed by atoms with Crippen molar-refractivity contribution in [2.45, 2.75) is 19.0 Å². The van der Waals surface area contributed by atoms with Crippen LogP contribution < -0.4 is 0 Å². The van der Waals surface area contributed by atoms with Crippen LogP contribution in [0.2, 0.25) is 0 Å². The monoisotopic (exact) mass is 259 g/mol. The van der Waals surface area contributed by atoms with Gasteiger partial charge in [-0.1, -0.05) is 0 Å². The van der Waals surface area contributed by atoms with Gasteiger partial charge in [-0.05, 0) is 12.8 Å². The SMILES string of the molecule is O=C(c1cnccn1)N1CCCC(C(F)(F)F)C1. The van der Waals surface area contributed by atoms with Gasteiger partial charge in [-0.3, -0.25) is 9.78 Å². The lowest BCUT2D eigenvalue weighted by molar-refractivity contribution is -0.184. The number of hydrogen-bond acceptors (Lipinski definition) is 3. The van der Waals surface area contributed by atoms with Gasteiger partial charge < -0.3 is 4.90 Å². The van der Waals surface area contributed by atoms with Crippen molar-refractivity contribution in [3.63, 3.8) is 0 Å². The molecule has 98 valence electrons. The molecule has 1 saturated heterocycles. The van der Waals surface area contributed by atoms with Crippen molar-refractivity contribution < 1.29 is 18.0 Å². The van der Waals surface area contributed by atoms with Crippen LogP contribution in [0.5, 0.6) is 0 Å².